The molecule has 0 bridgehead atoms. The van der Waals surface area contributed by atoms with Crippen LogP contribution in [0.3, 0.4) is 0 Å². The number of hydrogen-bond donors (Lipinski definition) is 0. The number of ether oxygens (including phenoxy) is 1. The van der Waals surface area contributed by atoms with Gasteiger partial charge < -0.3 is 10.3 Å². The van der Waals surface area contributed by atoms with E-state index in [2.05, 4.69) is 9.53 Å². The normalized spacial score (nSPS) is 18.9. The summed E-state index contributed by atoms with van der Waals surface area (Å²) in [6, 6.07) is 0. The second kappa shape index (κ2) is 6.81. The lowest BCUT2D eigenvalue weighted by molar-refractivity contribution is -0.141. The van der Waals surface area contributed by atoms with Crippen LogP contribution >= 0.6 is 0 Å². The van der Waals surface area contributed by atoms with Gasteiger partial charge in [0.2, 0.25) is 0 Å². The largest absolute Gasteiger partial charge is 0.457 e. The van der Waals surface area contributed by atoms with Gasteiger partial charge in [-0.05, 0) is 25.7 Å². The number of carbonyl (C=O) groups excluding carboxylic acids is 3. The fourth-order valence-corrected chi connectivity index (χ4v) is 2.06. The first-order valence-corrected chi connectivity index (χ1v) is 6.02. The maximum absolute atomic E-state index is 11.8. The van der Waals surface area contributed by atoms with E-state index in [1.807, 2.05) is 0 Å². The summed E-state index contributed by atoms with van der Waals surface area (Å²) in [5.41, 5.74) is 8.09. The van der Waals surface area contributed by atoms with Gasteiger partial charge in [-0.1, -0.05) is 0 Å². The molecule has 0 aromatic carbocycles. The van der Waals surface area contributed by atoms with Crippen LogP contribution in [-0.2, 0) is 19.1 Å². The molecule has 1 rings (SSSR count). The highest BCUT2D eigenvalue weighted by atomic mass is 16.5. The number of hydrogen-bond acceptors (Lipinski definition) is 4. The zero-order valence-electron chi connectivity index (χ0n) is 10.3. The molecule has 0 amide bonds. The third-order valence-electron chi connectivity index (χ3n) is 2.89. The highest BCUT2D eigenvalue weighted by molar-refractivity contribution is 6.62. The maximum Gasteiger partial charge on any atom is 0.441 e. The van der Waals surface area contributed by atoms with E-state index in [0.29, 0.717) is 12.8 Å². The number of Topliss-reactive ketones (excluding diaryl/α,β-unsaturated/α-hetero) is 2. The Morgan fingerprint density at radius 3 is 2.78 bits per heavy atom. The smallest absolute Gasteiger partial charge is 0.441 e. The van der Waals surface area contributed by atoms with Gasteiger partial charge in [0.05, 0.1) is 6.61 Å². The minimum absolute atomic E-state index is 0.0456. The average molecular weight is 252 g/mol. The summed E-state index contributed by atoms with van der Waals surface area (Å²) in [4.78, 5) is 37.0. The van der Waals surface area contributed by atoms with E-state index in [0.717, 1.165) is 12.8 Å². The van der Waals surface area contributed by atoms with Crippen LogP contribution in [0.2, 0.25) is 0 Å². The number of nitrogens with zero attached hydrogens (tertiary/aromatic N) is 2. The van der Waals surface area contributed by atoms with E-state index >= 15 is 0 Å². The standard InChI is InChI=1S/C12H16N2O4/c1-2-18-12(17)11(14-13)10(16)7-8-4-3-5-9(15)6-8/h8H,2-7H2,1H3. The van der Waals surface area contributed by atoms with Gasteiger partial charge in [-0.15, -0.1) is 0 Å². The summed E-state index contributed by atoms with van der Waals surface area (Å²) in [6.45, 7) is 1.70. The monoisotopic (exact) mass is 252 g/mol. The Kier molecular flexibility index (Phi) is 5.39. The zero-order chi connectivity index (χ0) is 13.5. The van der Waals surface area contributed by atoms with Gasteiger partial charge in [0.1, 0.15) is 5.78 Å². The molecule has 0 N–H and O–H groups in total. The van der Waals surface area contributed by atoms with Crippen molar-refractivity contribution in [2.45, 2.75) is 39.0 Å². The predicted molar refractivity (Wildman–Crippen MR) is 61.8 cm³/mol. The van der Waals surface area contributed by atoms with Crippen LogP contribution in [0, 0.1) is 5.92 Å². The molecule has 0 aliphatic heterocycles. The highest BCUT2D eigenvalue weighted by Gasteiger charge is 2.33. The summed E-state index contributed by atoms with van der Waals surface area (Å²) < 4.78 is 4.61. The Morgan fingerprint density at radius 2 is 2.22 bits per heavy atom. The van der Waals surface area contributed by atoms with Crippen molar-refractivity contribution >= 4 is 23.2 Å². The van der Waals surface area contributed by atoms with Gasteiger partial charge in [-0.2, -0.15) is 4.79 Å². The van der Waals surface area contributed by atoms with Crippen LogP contribution in [0.4, 0.5) is 0 Å². The minimum Gasteiger partial charge on any atom is -0.457 e. The van der Waals surface area contributed by atoms with Crippen molar-refractivity contribution in [2.24, 2.45) is 5.92 Å². The van der Waals surface area contributed by atoms with E-state index in [1.165, 1.54) is 0 Å². The minimum atomic E-state index is -0.924. The number of rotatable bonds is 5. The first-order chi connectivity index (χ1) is 8.58. The van der Waals surface area contributed by atoms with Gasteiger partial charge >= 0.3 is 11.7 Å². The van der Waals surface area contributed by atoms with Crippen LogP contribution in [-0.4, -0.2) is 34.6 Å². The summed E-state index contributed by atoms with van der Waals surface area (Å²) in [5.74, 6) is -1.43. The third kappa shape index (κ3) is 3.89. The predicted octanol–water partition coefficient (Wildman–Crippen LogP) is 0.939. The Morgan fingerprint density at radius 1 is 1.50 bits per heavy atom. The Labute approximate surface area is 105 Å². The van der Waals surface area contributed by atoms with E-state index in [-0.39, 0.29) is 24.7 Å². The van der Waals surface area contributed by atoms with Crippen LogP contribution in [0.1, 0.15) is 39.0 Å². The molecule has 0 saturated heterocycles. The second-order valence-corrected chi connectivity index (χ2v) is 4.30. The molecular formula is C12H16N2O4. The van der Waals surface area contributed by atoms with E-state index in [9.17, 15) is 14.4 Å². The number of esters is 1. The van der Waals surface area contributed by atoms with Crippen LogP contribution in [0.5, 0.6) is 0 Å². The highest BCUT2D eigenvalue weighted by Crippen LogP contribution is 2.24. The van der Waals surface area contributed by atoms with Crippen LogP contribution in [0.25, 0.3) is 5.53 Å². The van der Waals surface area contributed by atoms with E-state index in [4.69, 9.17) is 5.53 Å². The van der Waals surface area contributed by atoms with Crippen molar-refractivity contribution in [2.75, 3.05) is 6.61 Å². The van der Waals surface area contributed by atoms with E-state index in [1.54, 1.807) is 6.92 Å². The Hall–Kier alpha value is -1.81. The molecule has 18 heavy (non-hydrogen) atoms. The summed E-state index contributed by atoms with van der Waals surface area (Å²) >= 11 is 0. The molecular weight excluding hydrogens is 236 g/mol. The van der Waals surface area contributed by atoms with Crippen molar-refractivity contribution in [1.29, 1.82) is 0 Å². The van der Waals surface area contributed by atoms with Gasteiger partial charge in [0.15, 0.2) is 0 Å². The van der Waals surface area contributed by atoms with Crippen molar-refractivity contribution in [3.8, 4) is 0 Å². The third-order valence-corrected chi connectivity index (χ3v) is 2.89. The molecule has 0 aromatic rings. The zero-order valence-corrected chi connectivity index (χ0v) is 10.3. The maximum atomic E-state index is 11.8. The van der Waals surface area contributed by atoms with Crippen LogP contribution < -0.4 is 0 Å². The summed E-state index contributed by atoms with van der Waals surface area (Å²) in [5, 5.41) is 0. The average Bonchev–Trinajstić information content (AvgIpc) is 2.30. The summed E-state index contributed by atoms with van der Waals surface area (Å²) in [7, 11) is 0. The van der Waals surface area contributed by atoms with Gasteiger partial charge in [-0.25, -0.2) is 4.79 Å². The molecule has 1 atom stereocenters. The van der Waals surface area contributed by atoms with Crippen molar-refractivity contribution in [3.63, 3.8) is 0 Å². The van der Waals surface area contributed by atoms with Gasteiger partial charge in [0, 0.05) is 19.3 Å². The Balaban J connectivity index is 2.60. The molecule has 1 saturated carbocycles. The van der Waals surface area contributed by atoms with Crippen molar-refractivity contribution < 1.29 is 23.9 Å². The molecule has 6 heteroatoms. The first kappa shape index (κ1) is 14.3. The first-order valence-electron chi connectivity index (χ1n) is 6.02. The Bertz CT molecular complexity index is 410. The number of ketones is 2. The molecule has 98 valence electrons. The van der Waals surface area contributed by atoms with Crippen LogP contribution in [0.15, 0.2) is 0 Å². The van der Waals surface area contributed by atoms with Gasteiger partial charge in [-0.3, -0.25) is 9.59 Å². The lowest BCUT2D eigenvalue weighted by atomic mass is 9.84. The fourth-order valence-electron chi connectivity index (χ4n) is 2.06. The van der Waals surface area contributed by atoms with Gasteiger partial charge in [0.25, 0.3) is 5.78 Å². The van der Waals surface area contributed by atoms with E-state index < -0.39 is 17.5 Å². The molecule has 0 aromatic heterocycles. The SMILES string of the molecule is CCOC(=O)C(=[N+]=[N-])C(=O)CC1CCCC(=O)C1. The molecule has 1 aliphatic rings. The molecule has 6 nitrogen and oxygen atoms in total. The topological polar surface area (TPSA) is 96.8 Å². The quantitative estimate of drug-likeness (QED) is 0.239. The fraction of sp³-hybridized carbons (Fsp3) is 0.667. The molecule has 0 spiro atoms. The number of carbonyl (C=O) groups is 3. The lowest BCUT2D eigenvalue weighted by Crippen LogP contribution is -2.30. The molecule has 1 fully saturated rings. The molecule has 0 heterocycles. The molecule has 0 radical (unpaired) electrons. The molecule has 1 aliphatic carbocycles. The second-order valence-electron chi connectivity index (χ2n) is 4.30. The lowest BCUT2D eigenvalue weighted by Gasteiger charge is -2.18. The van der Waals surface area contributed by atoms with Crippen molar-refractivity contribution in [1.82, 2.24) is 0 Å². The molecule has 1 unspecified atom stereocenters. The van der Waals surface area contributed by atoms with Crippen molar-refractivity contribution in [3.05, 3.63) is 5.53 Å². The summed E-state index contributed by atoms with van der Waals surface area (Å²) in [6.07, 6.45) is 2.50.